The molecule has 6 heteroatoms. The maximum atomic E-state index is 13.4. The number of hydrogen-bond acceptors (Lipinski definition) is 3. The van der Waals surface area contributed by atoms with Gasteiger partial charge in [-0.05, 0) is 66.5 Å². The second kappa shape index (κ2) is 10.8. The molecule has 1 aliphatic carbocycles. The van der Waals surface area contributed by atoms with Gasteiger partial charge in [0.1, 0.15) is 12.4 Å². The second-order valence-corrected chi connectivity index (χ2v) is 9.64. The van der Waals surface area contributed by atoms with Gasteiger partial charge in [0.2, 0.25) is 11.8 Å². The number of rotatable bonds is 10. The van der Waals surface area contributed by atoms with Gasteiger partial charge < -0.3 is 9.80 Å². The van der Waals surface area contributed by atoms with E-state index < -0.39 is 0 Å². The first-order chi connectivity index (χ1) is 16.0. The van der Waals surface area contributed by atoms with Crippen molar-refractivity contribution < 1.29 is 14.0 Å². The van der Waals surface area contributed by atoms with Gasteiger partial charge in [0.15, 0.2) is 0 Å². The number of hydrogen-bond donors (Lipinski definition) is 0. The van der Waals surface area contributed by atoms with Crippen LogP contribution in [0, 0.1) is 12.7 Å². The molecule has 1 saturated carbocycles. The zero-order valence-corrected chi connectivity index (χ0v) is 19.7. The molecule has 0 unspecified atom stereocenters. The number of halogens is 1. The number of aryl methyl sites for hydroxylation is 2. The third-order valence-electron chi connectivity index (χ3n) is 6.03. The van der Waals surface area contributed by atoms with E-state index in [-0.39, 0.29) is 30.2 Å². The minimum absolute atomic E-state index is 0.0312. The Labute approximate surface area is 198 Å². The van der Waals surface area contributed by atoms with Gasteiger partial charge in [-0.1, -0.05) is 42.5 Å². The Kier molecular flexibility index (Phi) is 7.55. The lowest BCUT2D eigenvalue weighted by molar-refractivity contribution is -0.141. The lowest BCUT2D eigenvalue weighted by Gasteiger charge is -2.28. The van der Waals surface area contributed by atoms with Crippen molar-refractivity contribution in [3.05, 3.63) is 93.4 Å². The molecule has 0 bridgehead atoms. The first-order valence-electron chi connectivity index (χ1n) is 11.4. The summed E-state index contributed by atoms with van der Waals surface area (Å²) in [7, 11) is 0. The van der Waals surface area contributed by atoms with Gasteiger partial charge in [-0.3, -0.25) is 9.59 Å². The lowest BCUT2D eigenvalue weighted by atomic mass is 10.1. The van der Waals surface area contributed by atoms with E-state index in [4.69, 9.17) is 0 Å². The van der Waals surface area contributed by atoms with E-state index in [1.807, 2.05) is 48.7 Å². The van der Waals surface area contributed by atoms with Gasteiger partial charge in [0.25, 0.3) is 0 Å². The monoisotopic (exact) mass is 464 g/mol. The van der Waals surface area contributed by atoms with E-state index in [9.17, 15) is 14.0 Å². The summed E-state index contributed by atoms with van der Waals surface area (Å²) in [6, 6.07) is 18.4. The Balaban J connectivity index is 1.45. The quantitative estimate of drug-likeness (QED) is 0.406. The smallest absolute Gasteiger partial charge is 0.242 e. The standard InChI is InChI=1S/C27H29FN2O2S/c1-20-15-16-33-25(20)18-29(17-22-7-10-23(28)11-8-22)27(32)19-30(24-12-13-24)26(31)14-9-21-5-3-2-4-6-21/h2-8,10-11,15-16,24H,9,12-14,17-19H2,1H3. The molecule has 0 atom stereocenters. The van der Waals surface area contributed by atoms with E-state index >= 15 is 0 Å². The molecule has 1 aliphatic rings. The average Bonchev–Trinajstić information content (AvgIpc) is 3.59. The van der Waals surface area contributed by atoms with Crippen LogP contribution in [0.25, 0.3) is 0 Å². The number of carbonyl (C=O) groups excluding carboxylic acids is 2. The molecule has 2 amide bonds. The molecule has 172 valence electrons. The van der Waals surface area contributed by atoms with Gasteiger partial charge in [-0.15, -0.1) is 11.3 Å². The Morgan fingerprint density at radius 3 is 2.30 bits per heavy atom. The van der Waals surface area contributed by atoms with Gasteiger partial charge in [-0.25, -0.2) is 4.39 Å². The maximum absolute atomic E-state index is 13.4. The zero-order valence-electron chi connectivity index (χ0n) is 18.9. The second-order valence-electron chi connectivity index (χ2n) is 8.64. The predicted octanol–water partition coefficient (Wildman–Crippen LogP) is 5.35. The van der Waals surface area contributed by atoms with E-state index in [0.29, 0.717) is 25.9 Å². The van der Waals surface area contributed by atoms with Crippen LogP contribution in [0.5, 0.6) is 0 Å². The Morgan fingerprint density at radius 2 is 1.67 bits per heavy atom. The molecule has 0 spiro atoms. The summed E-state index contributed by atoms with van der Waals surface area (Å²) < 4.78 is 13.4. The third-order valence-corrected chi connectivity index (χ3v) is 7.03. The van der Waals surface area contributed by atoms with Crippen LogP contribution >= 0.6 is 11.3 Å². The van der Waals surface area contributed by atoms with Crippen molar-refractivity contribution >= 4 is 23.2 Å². The zero-order chi connectivity index (χ0) is 23.2. The first-order valence-corrected chi connectivity index (χ1v) is 12.3. The summed E-state index contributed by atoms with van der Waals surface area (Å²) in [5.41, 5.74) is 3.14. The number of thiophene rings is 1. The first kappa shape index (κ1) is 23.2. The lowest BCUT2D eigenvalue weighted by Crippen LogP contribution is -2.43. The van der Waals surface area contributed by atoms with Crippen molar-refractivity contribution in [3.8, 4) is 0 Å². The molecule has 1 aromatic heterocycles. The van der Waals surface area contributed by atoms with Crippen molar-refractivity contribution in [2.24, 2.45) is 0 Å². The third kappa shape index (κ3) is 6.51. The fraction of sp³-hybridized carbons (Fsp3) is 0.333. The van der Waals surface area contributed by atoms with Crippen LogP contribution in [-0.2, 0) is 29.1 Å². The van der Waals surface area contributed by atoms with Gasteiger partial charge in [0, 0.05) is 23.9 Å². The molecule has 1 fully saturated rings. The summed E-state index contributed by atoms with van der Waals surface area (Å²) in [4.78, 5) is 31.2. The van der Waals surface area contributed by atoms with Crippen LogP contribution in [0.3, 0.4) is 0 Å². The summed E-state index contributed by atoms with van der Waals surface area (Å²) in [6.07, 6.45) is 2.97. The highest BCUT2D eigenvalue weighted by Crippen LogP contribution is 2.28. The highest BCUT2D eigenvalue weighted by atomic mass is 32.1. The molecule has 0 N–H and O–H groups in total. The molecule has 33 heavy (non-hydrogen) atoms. The van der Waals surface area contributed by atoms with Gasteiger partial charge in [0.05, 0.1) is 6.54 Å². The topological polar surface area (TPSA) is 40.6 Å². The minimum atomic E-state index is -0.297. The fourth-order valence-corrected chi connectivity index (χ4v) is 4.80. The summed E-state index contributed by atoms with van der Waals surface area (Å²) in [5, 5.41) is 2.02. The minimum Gasteiger partial charge on any atom is -0.332 e. The normalized spacial score (nSPS) is 13.0. The fourth-order valence-electron chi connectivity index (χ4n) is 3.87. The van der Waals surface area contributed by atoms with E-state index in [1.54, 1.807) is 33.3 Å². The summed E-state index contributed by atoms with van der Waals surface area (Å²) in [5.74, 6) is -0.342. The Bertz CT molecular complexity index is 1080. The molecular weight excluding hydrogens is 435 g/mol. The highest BCUT2D eigenvalue weighted by Gasteiger charge is 2.34. The number of benzene rings is 2. The summed E-state index contributed by atoms with van der Waals surface area (Å²) >= 11 is 1.62. The molecule has 4 rings (SSSR count). The van der Waals surface area contributed by atoms with Crippen molar-refractivity contribution in [2.75, 3.05) is 6.54 Å². The predicted molar refractivity (Wildman–Crippen MR) is 129 cm³/mol. The largest absolute Gasteiger partial charge is 0.332 e. The van der Waals surface area contributed by atoms with E-state index in [1.165, 1.54) is 12.1 Å². The Morgan fingerprint density at radius 1 is 0.939 bits per heavy atom. The van der Waals surface area contributed by atoms with Crippen LogP contribution in [0.1, 0.15) is 40.8 Å². The number of nitrogens with zero attached hydrogens (tertiary/aromatic N) is 2. The van der Waals surface area contributed by atoms with Crippen LogP contribution in [0.15, 0.2) is 66.0 Å². The molecule has 1 heterocycles. The molecule has 0 radical (unpaired) electrons. The number of amides is 2. The molecule has 4 nitrogen and oxygen atoms in total. The van der Waals surface area contributed by atoms with Crippen LogP contribution in [0.2, 0.25) is 0 Å². The van der Waals surface area contributed by atoms with Crippen LogP contribution < -0.4 is 0 Å². The van der Waals surface area contributed by atoms with Crippen LogP contribution in [-0.4, -0.2) is 34.2 Å². The molecule has 0 saturated heterocycles. The van der Waals surface area contributed by atoms with Gasteiger partial charge in [-0.2, -0.15) is 0 Å². The van der Waals surface area contributed by atoms with E-state index in [0.717, 1.165) is 34.4 Å². The highest BCUT2D eigenvalue weighted by molar-refractivity contribution is 7.10. The maximum Gasteiger partial charge on any atom is 0.242 e. The van der Waals surface area contributed by atoms with Crippen LogP contribution in [0.4, 0.5) is 4.39 Å². The van der Waals surface area contributed by atoms with Gasteiger partial charge >= 0.3 is 0 Å². The SMILES string of the molecule is Cc1ccsc1CN(Cc1ccc(F)cc1)C(=O)CN(C(=O)CCc1ccccc1)C1CC1. The molecular formula is C27H29FN2O2S. The van der Waals surface area contributed by atoms with Crippen molar-refractivity contribution in [1.29, 1.82) is 0 Å². The van der Waals surface area contributed by atoms with Crippen molar-refractivity contribution in [2.45, 2.75) is 51.7 Å². The van der Waals surface area contributed by atoms with E-state index in [2.05, 4.69) is 0 Å². The molecule has 3 aromatic rings. The number of carbonyl (C=O) groups is 2. The molecule has 2 aromatic carbocycles. The Hall–Kier alpha value is -2.99. The van der Waals surface area contributed by atoms with Crippen molar-refractivity contribution in [1.82, 2.24) is 9.80 Å². The average molecular weight is 465 g/mol. The summed E-state index contributed by atoms with van der Waals surface area (Å²) in [6.45, 7) is 2.99. The van der Waals surface area contributed by atoms with Crippen molar-refractivity contribution in [3.63, 3.8) is 0 Å². The molecule has 0 aliphatic heterocycles.